The van der Waals surface area contributed by atoms with Gasteiger partial charge in [0.1, 0.15) is 0 Å². The first-order valence-electron chi connectivity index (χ1n) is 7.49. The molecule has 0 N–H and O–H groups in total. The van der Waals surface area contributed by atoms with E-state index < -0.39 is 18.1 Å². The van der Waals surface area contributed by atoms with Crippen LogP contribution in [-0.2, 0) is 31.4 Å². The molecule has 9 heteroatoms. The Morgan fingerprint density at radius 2 is 0.762 bits per heavy atom. The van der Waals surface area contributed by atoms with Crippen molar-refractivity contribution in [2.45, 2.75) is 47.4 Å². The molecule has 21 heavy (non-hydrogen) atoms. The van der Waals surface area contributed by atoms with E-state index in [4.69, 9.17) is 13.3 Å². The van der Waals surface area contributed by atoms with E-state index in [1.807, 2.05) is 47.0 Å². The Morgan fingerprint density at radius 3 is 0.905 bits per heavy atom. The minimum atomic E-state index is -3.61. The van der Waals surface area contributed by atoms with Crippen LogP contribution >= 0.6 is 47.0 Å². The molecule has 0 aromatic rings. The molecule has 0 aliphatic carbocycles. The van der Waals surface area contributed by atoms with Gasteiger partial charge in [-0.1, -0.05) is 0 Å². The Kier molecular flexibility index (Phi) is 5.83. The van der Waals surface area contributed by atoms with Crippen LogP contribution in [0.5, 0.6) is 0 Å². The zero-order chi connectivity index (χ0) is 14.1. The number of thioether (sulfide) groups is 4. The summed E-state index contributed by atoms with van der Waals surface area (Å²) in [6.07, 6.45) is 4.39. The Morgan fingerprint density at radius 1 is 0.524 bits per heavy atom. The van der Waals surface area contributed by atoms with Crippen LogP contribution in [0.4, 0.5) is 0 Å². The molecule has 120 valence electrons. The Labute approximate surface area is 148 Å². The van der Waals surface area contributed by atoms with Crippen LogP contribution in [0, 0.1) is 0 Å². The number of rotatable bonds is 8. The molecule has 4 unspecified atom stereocenters. The van der Waals surface area contributed by atoms with E-state index in [0.29, 0.717) is 0 Å². The van der Waals surface area contributed by atoms with Gasteiger partial charge in [0.2, 0.25) is 0 Å². The van der Waals surface area contributed by atoms with Crippen LogP contribution in [0.15, 0.2) is 0 Å². The van der Waals surface area contributed by atoms with Crippen LogP contribution in [-0.4, -0.2) is 44.8 Å². The maximum atomic E-state index is 6.34. The second kappa shape index (κ2) is 7.46. The molecule has 4 aliphatic rings. The van der Waals surface area contributed by atoms with Gasteiger partial charge in [0.15, 0.2) is 0 Å². The van der Waals surface area contributed by atoms with Crippen molar-refractivity contribution in [3.8, 4) is 0 Å². The van der Waals surface area contributed by atoms with Gasteiger partial charge in [-0.2, -0.15) is 0 Å². The first-order chi connectivity index (χ1) is 10.3. The zero-order valence-electron chi connectivity index (χ0n) is 11.7. The van der Waals surface area contributed by atoms with Gasteiger partial charge in [0, 0.05) is 0 Å². The van der Waals surface area contributed by atoms with Crippen molar-refractivity contribution >= 4 is 47.0 Å². The third-order valence-corrected chi connectivity index (χ3v) is 13.1. The van der Waals surface area contributed by atoms with Gasteiger partial charge < -0.3 is 0 Å². The summed E-state index contributed by atoms with van der Waals surface area (Å²) in [6, 6.07) is 0. The van der Waals surface area contributed by atoms with E-state index in [1.54, 1.807) is 0 Å². The standard InChI is InChI=1S/4C3H5OS.Ti/c4*4-3-1-2-5-3;/h4*3H,1-2H2;/q4*-1;+4. The van der Waals surface area contributed by atoms with Crippen molar-refractivity contribution in [1.82, 2.24) is 0 Å². The molecule has 0 aromatic heterocycles. The monoisotopic (exact) mass is 404 g/mol. The second-order valence-electron chi connectivity index (χ2n) is 5.33. The molecular formula is C12H20O4S4Ti. The molecule has 4 saturated heterocycles. The van der Waals surface area contributed by atoms with Crippen LogP contribution < -0.4 is 0 Å². The summed E-state index contributed by atoms with van der Waals surface area (Å²) < 4.78 is 25.3. The first kappa shape index (κ1) is 16.4. The van der Waals surface area contributed by atoms with Gasteiger partial charge >= 0.3 is 149 Å². The van der Waals surface area contributed by atoms with Gasteiger partial charge in [-0.15, -0.1) is 0 Å². The first-order valence-corrected chi connectivity index (χ1v) is 14.2. The van der Waals surface area contributed by atoms with Crippen molar-refractivity contribution in [1.29, 1.82) is 0 Å². The average molecular weight is 404 g/mol. The fourth-order valence-corrected chi connectivity index (χ4v) is 10.5. The van der Waals surface area contributed by atoms with Crippen molar-refractivity contribution in [2.24, 2.45) is 0 Å². The molecule has 0 bridgehead atoms. The van der Waals surface area contributed by atoms with Gasteiger partial charge in [-0.05, 0) is 0 Å². The van der Waals surface area contributed by atoms with Crippen LogP contribution in [0.25, 0.3) is 0 Å². The summed E-state index contributed by atoms with van der Waals surface area (Å²) in [7, 11) is 0. The van der Waals surface area contributed by atoms with E-state index in [1.165, 1.54) is 23.0 Å². The third kappa shape index (κ3) is 4.14. The van der Waals surface area contributed by atoms with Gasteiger partial charge in [-0.25, -0.2) is 0 Å². The summed E-state index contributed by atoms with van der Waals surface area (Å²) >= 11 is 3.80. The average Bonchev–Trinajstić information content (AvgIpc) is 2.28. The fourth-order valence-electron chi connectivity index (χ4n) is 2.04. The van der Waals surface area contributed by atoms with Crippen molar-refractivity contribution in [3.05, 3.63) is 0 Å². The summed E-state index contributed by atoms with van der Waals surface area (Å²) in [6.45, 7) is 0. The summed E-state index contributed by atoms with van der Waals surface area (Å²) in [4.78, 5) is 0. The van der Waals surface area contributed by atoms with E-state index >= 15 is 0 Å². The molecule has 0 aromatic carbocycles. The number of hydrogen-bond acceptors (Lipinski definition) is 8. The normalized spacial score (nSPS) is 41.1. The third-order valence-electron chi connectivity index (χ3n) is 3.73. The zero-order valence-corrected chi connectivity index (χ0v) is 16.6. The molecule has 0 saturated carbocycles. The summed E-state index contributed by atoms with van der Waals surface area (Å²) in [5.74, 6) is 4.71. The van der Waals surface area contributed by atoms with E-state index in [2.05, 4.69) is 0 Å². The molecule has 0 radical (unpaired) electrons. The topological polar surface area (TPSA) is 36.9 Å². The van der Waals surface area contributed by atoms with Crippen LogP contribution in [0.1, 0.15) is 25.7 Å². The second-order valence-corrected chi connectivity index (χ2v) is 13.4. The molecule has 4 aliphatic heterocycles. The molecule has 0 spiro atoms. The van der Waals surface area contributed by atoms with Gasteiger partial charge in [0.25, 0.3) is 0 Å². The van der Waals surface area contributed by atoms with Crippen LogP contribution in [0.2, 0.25) is 0 Å². The number of hydrogen-bond donors (Lipinski definition) is 0. The Balaban J connectivity index is 1.45. The predicted octanol–water partition coefficient (Wildman–Crippen LogP) is 3.72. The quantitative estimate of drug-likeness (QED) is 0.567. The molecule has 4 rings (SSSR count). The van der Waals surface area contributed by atoms with Crippen molar-refractivity contribution in [2.75, 3.05) is 23.0 Å². The van der Waals surface area contributed by atoms with E-state index in [9.17, 15) is 0 Å². The molecule has 4 heterocycles. The van der Waals surface area contributed by atoms with E-state index in [-0.39, 0.29) is 21.7 Å². The molecule has 4 fully saturated rings. The molecule has 0 amide bonds. The van der Waals surface area contributed by atoms with E-state index in [0.717, 1.165) is 25.7 Å². The summed E-state index contributed by atoms with van der Waals surface area (Å²) in [5, 5.41) is 0. The Hall–Kier alpha value is 1.95. The van der Waals surface area contributed by atoms with Gasteiger partial charge in [0.05, 0.1) is 0 Å². The molecule has 4 nitrogen and oxygen atoms in total. The fraction of sp³-hybridized carbons (Fsp3) is 1.00. The SMILES string of the molecule is C1CC([O][Ti]([O]C2CCS2)([O]C2CCS2)[O]C2CCS2)S1. The predicted molar refractivity (Wildman–Crippen MR) is 87.8 cm³/mol. The Bertz CT molecular complexity index is 292. The molecular weight excluding hydrogens is 384 g/mol. The minimum absolute atomic E-state index is 0.227. The van der Waals surface area contributed by atoms with Crippen LogP contribution in [0.3, 0.4) is 0 Å². The maximum absolute atomic E-state index is 6.34. The van der Waals surface area contributed by atoms with Crippen molar-refractivity contribution < 1.29 is 31.4 Å². The van der Waals surface area contributed by atoms with Gasteiger partial charge in [-0.3, -0.25) is 0 Å². The summed E-state index contributed by atoms with van der Waals surface area (Å²) in [5.41, 5.74) is 0.908. The van der Waals surface area contributed by atoms with Crippen molar-refractivity contribution in [3.63, 3.8) is 0 Å². The molecule has 4 atom stereocenters.